The van der Waals surface area contributed by atoms with Crippen molar-refractivity contribution in [2.24, 2.45) is 0 Å². The summed E-state index contributed by atoms with van der Waals surface area (Å²) < 4.78 is 6.01. The molecule has 2 aliphatic heterocycles. The zero-order chi connectivity index (χ0) is 23.2. The summed E-state index contributed by atoms with van der Waals surface area (Å²) in [6, 6.07) is 21.0. The highest BCUT2D eigenvalue weighted by atomic mass is 35.5. The van der Waals surface area contributed by atoms with Crippen LogP contribution in [0, 0.1) is 0 Å². The summed E-state index contributed by atoms with van der Waals surface area (Å²) in [5.41, 5.74) is 3.58. The van der Waals surface area contributed by atoms with Gasteiger partial charge in [-0.05, 0) is 67.3 Å². The first kappa shape index (κ1) is 21.5. The van der Waals surface area contributed by atoms with E-state index in [0.29, 0.717) is 41.7 Å². The average Bonchev–Trinajstić information content (AvgIpc) is 2.82. The van der Waals surface area contributed by atoms with Crippen molar-refractivity contribution in [2.45, 2.75) is 39.0 Å². The minimum Gasteiger partial charge on any atom is -0.476 e. The van der Waals surface area contributed by atoms with Crippen LogP contribution >= 0.6 is 11.6 Å². The van der Waals surface area contributed by atoms with Crippen LogP contribution in [0.3, 0.4) is 0 Å². The van der Waals surface area contributed by atoms with Crippen LogP contribution in [-0.4, -0.2) is 28.9 Å². The van der Waals surface area contributed by atoms with Gasteiger partial charge in [0.05, 0.1) is 12.2 Å². The van der Waals surface area contributed by atoms with Gasteiger partial charge in [-0.1, -0.05) is 48.0 Å². The third kappa shape index (κ3) is 4.09. The number of halogens is 1. The SMILES string of the molecule is CC1(C)Oc2ccc(C(=O)N3CCc4ccccc4C3)cc2N(Cc2ccc(Cl)cc2)C1=O. The van der Waals surface area contributed by atoms with Crippen LogP contribution in [-0.2, 0) is 24.3 Å². The van der Waals surface area contributed by atoms with Crippen LogP contribution in [0.4, 0.5) is 5.69 Å². The standard InChI is InChI=1S/C27H25ClN2O3/c1-27(2)26(32)30(16-18-7-10-22(28)11-8-18)23-15-20(9-12-24(23)33-27)25(31)29-14-13-19-5-3-4-6-21(19)17-29/h3-12,15H,13-14,16-17H2,1-2H3. The number of carbonyl (C=O) groups excluding carboxylic acids is 2. The highest BCUT2D eigenvalue weighted by molar-refractivity contribution is 6.30. The molecule has 0 fully saturated rings. The topological polar surface area (TPSA) is 49.9 Å². The molecule has 0 atom stereocenters. The molecule has 5 rings (SSSR count). The first-order valence-corrected chi connectivity index (χ1v) is 11.5. The van der Waals surface area contributed by atoms with Gasteiger partial charge in [0.1, 0.15) is 5.75 Å². The van der Waals surface area contributed by atoms with Crippen LogP contribution in [0.5, 0.6) is 5.75 Å². The van der Waals surface area contributed by atoms with E-state index in [2.05, 4.69) is 12.1 Å². The molecule has 168 valence electrons. The highest BCUT2D eigenvalue weighted by Gasteiger charge is 2.41. The quantitative estimate of drug-likeness (QED) is 0.537. The molecule has 2 amide bonds. The summed E-state index contributed by atoms with van der Waals surface area (Å²) in [6.07, 6.45) is 0.839. The Morgan fingerprint density at radius 2 is 1.76 bits per heavy atom. The number of rotatable bonds is 3. The van der Waals surface area contributed by atoms with Gasteiger partial charge in [-0.2, -0.15) is 0 Å². The molecule has 0 spiro atoms. The molecule has 0 radical (unpaired) electrons. The van der Waals surface area contributed by atoms with Crippen molar-refractivity contribution in [3.8, 4) is 5.75 Å². The van der Waals surface area contributed by atoms with E-state index in [-0.39, 0.29) is 11.8 Å². The molecule has 2 heterocycles. The van der Waals surface area contributed by atoms with E-state index >= 15 is 0 Å². The maximum Gasteiger partial charge on any atom is 0.271 e. The third-order valence-electron chi connectivity index (χ3n) is 6.29. The van der Waals surface area contributed by atoms with Crippen LogP contribution in [0.1, 0.15) is 40.9 Å². The van der Waals surface area contributed by atoms with Crippen molar-refractivity contribution < 1.29 is 14.3 Å². The summed E-state index contributed by atoms with van der Waals surface area (Å²) in [7, 11) is 0. The monoisotopic (exact) mass is 460 g/mol. The second kappa shape index (κ2) is 8.23. The Balaban J connectivity index is 1.46. The lowest BCUT2D eigenvalue weighted by Crippen LogP contribution is -2.52. The number of fused-ring (bicyclic) bond motifs is 2. The molecule has 6 heteroatoms. The molecule has 3 aromatic carbocycles. The average molecular weight is 461 g/mol. The number of ether oxygens (including phenoxy) is 1. The van der Waals surface area contributed by atoms with E-state index in [4.69, 9.17) is 16.3 Å². The predicted octanol–water partition coefficient (Wildman–Crippen LogP) is 5.24. The van der Waals surface area contributed by atoms with Crippen LogP contribution < -0.4 is 9.64 Å². The lowest BCUT2D eigenvalue weighted by Gasteiger charge is -2.39. The molecule has 0 aliphatic carbocycles. The normalized spacial score (nSPS) is 16.6. The number of carbonyl (C=O) groups is 2. The lowest BCUT2D eigenvalue weighted by atomic mass is 9.98. The molecule has 2 aliphatic rings. The minimum absolute atomic E-state index is 0.0453. The first-order chi connectivity index (χ1) is 15.8. The number of benzene rings is 3. The molecule has 3 aromatic rings. The van der Waals surface area contributed by atoms with Gasteiger partial charge in [-0.25, -0.2) is 0 Å². The van der Waals surface area contributed by atoms with Crippen molar-refractivity contribution in [3.05, 3.63) is 94.0 Å². The van der Waals surface area contributed by atoms with E-state index in [1.807, 2.05) is 41.3 Å². The Kier molecular flexibility index (Phi) is 5.37. The van der Waals surface area contributed by atoms with Gasteiger partial charge in [0.15, 0.2) is 5.60 Å². The van der Waals surface area contributed by atoms with E-state index in [1.54, 1.807) is 36.9 Å². The number of hydrogen-bond acceptors (Lipinski definition) is 3. The zero-order valence-electron chi connectivity index (χ0n) is 18.7. The van der Waals surface area contributed by atoms with Crippen LogP contribution in [0.25, 0.3) is 0 Å². The molecule has 5 nitrogen and oxygen atoms in total. The molecule has 0 saturated heterocycles. The fourth-order valence-corrected chi connectivity index (χ4v) is 4.61. The minimum atomic E-state index is -0.998. The highest BCUT2D eigenvalue weighted by Crippen LogP contribution is 2.39. The second-order valence-electron chi connectivity index (χ2n) is 9.06. The van der Waals surface area contributed by atoms with E-state index in [9.17, 15) is 9.59 Å². The molecule has 0 unspecified atom stereocenters. The Labute approximate surface area is 198 Å². The lowest BCUT2D eigenvalue weighted by molar-refractivity contribution is -0.132. The van der Waals surface area contributed by atoms with E-state index < -0.39 is 5.60 Å². The smallest absolute Gasteiger partial charge is 0.271 e. The van der Waals surface area contributed by atoms with Crippen molar-refractivity contribution in [1.29, 1.82) is 0 Å². The maximum atomic E-state index is 13.4. The van der Waals surface area contributed by atoms with Gasteiger partial charge >= 0.3 is 0 Å². The van der Waals surface area contributed by atoms with Gasteiger partial charge in [0.25, 0.3) is 11.8 Å². The summed E-state index contributed by atoms with van der Waals surface area (Å²) >= 11 is 6.03. The Bertz CT molecular complexity index is 1240. The van der Waals surface area contributed by atoms with Crippen molar-refractivity contribution in [2.75, 3.05) is 11.4 Å². The second-order valence-corrected chi connectivity index (χ2v) is 9.49. The Morgan fingerprint density at radius 1 is 1.03 bits per heavy atom. The molecular formula is C27H25ClN2O3. The molecule has 33 heavy (non-hydrogen) atoms. The van der Waals surface area contributed by atoms with Gasteiger partial charge in [0.2, 0.25) is 0 Å². The number of nitrogens with zero attached hydrogens (tertiary/aromatic N) is 2. The summed E-state index contributed by atoms with van der Waals surface area (Å²) in [4.78, 5) is 30.2. The predicted molar refractivity (Wildman–Crippen MR) is 129 cm³/mol. The number of amides is 2. The Hall–Kier alpha value is -3.31. The van der Waals surface area contributed by atoms with Crippen LogP contribution in [0.15, 0.2) is 66.7 Å². The van der Waals surface area contributed by atoms with Crippen LogP contribution in [0.2, 0.25) is 5.02 Å². The third-order valence-corrected chi connectivity index (χ3v) is 6.55. The van der Waals surface area contributed by atoms with Gasteiger partial charge < -0.3 is 14.5 Å². The Morgan fingerprint density at radius 3 is 2.52 bits per heavy atom. The molecule has 0 bridgehead atoms. The summed E-state index contributed by atoms with van der Waals surface area (Å²) in [5, 5.41) is 0.642. The van der Waals surface area contributed by atoms with Gasteiger partial charge in [0, 0.05) is 23.7 Å². The van der Waals surface area contributed by atoms with Gasteiger partial charge in [-0.3, -0.25) is 9.59 Å². The zero-order valence-corrected chi connectivity index (χ0v) is 19.4. The number of hydrogen-bond donors (Lipinski definition) is 0. The number of anilines is 1. The van der Waals surface area contributed by atoms with E-state index in [1.165, 1.54) is 11.1 Å². The molecular weight excluding hydrogens is 436 g/mol. The van der Waals surface area contributed by atoms with Crippen molar-refractivity contribution in [3.63, 3.8) is 0 Å². The maximum absolute atomic E-state index is 13.4. The van der Waals surface area contributed by atoms with E-state index in [0.717, 1.165) is 12.0 Å². The molecule has 0 aromatic heterocycles. The summed E-state index contributed by atoms with van der Waals surface area (Å²) in [6.45, 7) is 5.15. The van der Waals surface area contributed by atoms with Gasteiger partial charge in [-0.15, -0.1) is 0 Å². The van der Waals surface area contributed by atoms with Crippen molar-refractivity contribution >= 4 is 29.1 Å². The molecule has 0 N–H and O–H groups in total. The fourth-order valence-electron chi connectivity index (χ4n) is 4.48. The van der Waals surface area contributed by atoms with Crippen molar-refractivity contribution in [1.82, 2.24) is 4.90 Å². The fraction of sp³-hybridized carbons (Fsp3) is 0.259. The molecule has 0 saturated carbocycles. The largest absolute Gasteiger partial charge is 0.476 e. The first-order valence-electron chi connectivity index (χ1n) is 11.1. The summed E-state index contributed by atoms with van der Waals surface area (Å²) in [5.74, 6) is 0.395.